The molecule has 1 rings (SSSR count). The van der Waals surface area contributed by atoms with E-state index in [1.54, 1.807) is 0 Å². The number of carboxylic acid groups (broad SMARTS) is 1. The van der Waals surface area contributed by atoms with E-state index in [1.807, 2.05) is 0 Å². The second-order valence-electron chi connectivity index (χ2n) is 5.46. The molecule has 0 aliphatic heterocycles. The van der Waals surface area contributed by atoms with Crippen LogP contribution in [0.15, 0.2) is 16.4 Å². The van der Waals surface area contributed by atoms with Crippen LogP contribution in [0.4, 0.5) is 0 Å². The van der Waals surface area contributed by atoms with Gasteiger partial charge in [-0.25, -0.2) is 4.79 Å². The summed E-state index contributed by atoms with van der Waals surface area (Å²) in [6, 6.07) is -1.59. The lowest BCUT2D eigenvalue weighted by Gasteiger charge is -2.38. The summed E-state index contributed by atoms with van der Waals surface area (Å²) in [5.74, 6) is -1.71. The Labute approximate surface area is 138 Å². The molecule has 0 fully saturated rings. The van der Waals surface area contributed by atoms with E-state index in [1.165, 1.54) is 14.0 Å². The van der Waals surface area contributed by atoms with Gasteiger partial charge in [0.1, 0.15) is 23.2 Å². The van der Waals surface area contributed by atoms with E-state index in [0.29, 0.717) is 0 Å². The van der Waals surface area contributed by atoms with Crippen molar-refractivity contribution in [3.8, 4) is 0 Å². The van der Waals surface area contributed by atoms with E-state index in [-0.39, 0.29) is 35.9 Å². The lowest BCUT2D eigenvalue weighted by atomic mass is 9.82. The number of aliphatic hydroxyl groups excluding tert-OH is 3. The third-order valence-corrected chi connectivity index (χ3v) is 3.54. The molecular weight excluding hydrogens is 324 g/mol. The van der Waals surface area contributed by atoms with Gasteiger partial charge in [0.15, 0.2) is 11.8 Å². The van der Waals surface area contributed by atoms with Crippen molar-refractivity contribution in [2.75, 3.05) is 26.9 Å². The van der Waals surface area contributed by atoms with E-state index in [4.69, 9.17) is 14.9 Å². The van der Waals surface area contributed by atoms with Gasteiger partial charge < -0.3 is 35.6 Å². The van der Waals surface area contributed by atoms with Crippen LogP contribution >= 0.6 is 0 Å². The van der Waals surface area contributed by atoms with E-state index < -0.39 is 36.9 Å². The molecule has 0 bridgehead atoms. The van der Waals surface area contributed by atoms with Crippen molar-refractivity contribution < 1.29 is 39.9 Å². The number of carbonyl (C=O) groups is 2. The lowest BCUT2D eigenvalue weighted by Crippen LogP contribution is -2.55. The number of methoxy groups -OCH3 is 1. The van der Waals surface area contributed by atoms with Crippen LogP contribution in [-0.4, -0.2) is 87.6 Å². The van der Waals surface area contributed by atoms with Gasteiger partial charge in [-0.2, -0.15) is 0 Å². The summed E-state index contributed by atoms with van der Waals surface area (Å²) >= 11 is 0. The molecule has 0 unspecified atom stereocenters. The third-order valence-electron chi connectivity index (χ3n) is 3.54. The van der Waals surface area contributed by atoms with Crippen LogP contribution < -0.4 is 5.32 Å². The molecule has 24 heavy (non-hydrogen) atoms. The number of aliphatic carboxylic acids is 1. The van der Waals surface area contributed by atoms with Crippen LogP contribution in [0.1, 0.15) is 13.3 Å². The van der Waals surface area contributed by atoms with Crippen LogP contribution in [0.25, 0.3) is 0 Å². The zero-order chi connectivity index (χ0) is 18.5. The standard InChI is InChI=1S/C14H22N2O8/c1-7(19)4-15-8-3-14(23,6-18)12(20)10(11(8)24-2)16-9(5-17)13(21)22/h9,12,15,17-18,20,23H,3-6H2,1-2H3,(H,21,22)/b16-10-/t9-,12-,14+/m0/s1. The predicted octanol–water partition coefficient (Wildman–Crippen LogP) is -2.60. The Morgan fingerprint density at radius 3 is 2.50 bits per heavy atom. The first-order chi connectivity index (χ1) is 11.2. The minimum atomic E-state index is -2.04. The van der Waals surface area contributed by atoms with Gasteiger partial charge in [-0.05, 0) is 6.92 Å². The fraction of sp³-hybridized carbons (Fsp3) is 0.643. The average Bonchev–Trinajstić information content (AvgIpc) is 2.53. The number of ketones is 1. The van der Waals surface area contributed by atoms with Gasteiger partial charge in [-0.3, -0.25) is 9.79 Å². The average molecular weight is 346 g/mol. The van der Waals surface area contributed by atoms with Gasteiger partial charge in [-0.15, -0.1) is 0 Å². The molecule has 6 N–H and O–H groups in total. The number of ether oxygens (including phenoxy) is 1. The lowest BCUT2D eigenvalue weighted by molar-refractivity contribution is -0.139. The minimum Gasteiger partial charge on any atom is -0.493 e. The van der Waals surface area contributed by atoms with E-state index >= 15 is 0 Å². The van der Waals surface area contributed by atoms with Crippen molar-refractivity contribution in [3.05, 3.63) is 11.5 Å². The van der Waals surface area contributed by atoms with Crippen molar-refractivity contribution in [1.82, 2.24) is 5.32 Å². The summed E-state index contributed by atoms with van der Waals surface area (Å²) in [7, 11) is 1.24. The zero-order valence-electron chi connectivity index (χ0n) is 13.4. The van der Waals surface area contributed by atoms with Crippen molar-refractivity contribution >= 4 is 17.5 Å². The summed E-state index contributed by atoms with van der Waals surface area (Å²) in [4.78, 5) is 25.9. The van der Waals surface area contributed by atoms with Crippen molar-refractivity contribution in [2.24, 2.45) is 4.99 Å². The van der Waals surface area contributed by atoms with Crippen LogP contribution in [0.3, 0.4) is 0 Å². The summed E-state index contributed by atoms with van der Waals surface area (Å²) < 4.78 is 5.13. The van der Waals surface area contributed by atoms with Gasteiger partial charge >= 0.3 is 5.97 Å². The second kappa shape index (κ2) is 8.20. The Morgan fingerprint density at radius 2 is 2.08 bits per heavy atom. The third kappa shape index (κ3) is 4.29. The van der Waals surface area contributed by atoms with Gasteiger partial charge in [0.05, 0.1) is 32.6 Å². The highest BCUT2D eigenvalue weighted by Gasteiger charge is 2.46. The number of Topliss-reactive ketones (excluding diaryl/α,β-unsaturated/α-hetero) is 1. The molecule has 0 heterocycles. The van der Waals surface area contributed by atoms with E-state index in [0.717, 1.165) is 0 Å². The molecule has 0 aromatic carbocycles. The summed E-state index contributed by atoms with van der Waals surface area (Å²) in [6.45, 7) is -0.449. The number of nitrogens with one attached hydrogen (secondary N) is 1. The van der Waals surface area contributed by atoms with Crippen molar-refractivity contribution in [2.45, 2.75) is 31.1 Å². The molecular formula is C14H22N2O8. The Kier molecular flexibility index (Phi) is 6.84. The predicted molar refractivity (Wildman–Crippen MR) is 81.3 cm³/mol. The smallest absolute Gasteiger partial charge is 0.330 e. The Morgan fingerprint density at radius 1 is 1.46 bits per heavy atom. The topological polar surface area (TPSA) is 169 Å². The van der Waals surface area contributed by atoms with Gasteiger partial charge in [0.2, 0.25) is 0 Å². The maximum atomic E-state index is 11.1. The van der Waals surface area contributed by atoms with Crippen LogP contribution in [0, 0.1) is 0 Å². The molecule has 1 aliphatic rings. The maximum Gasteiger partial charge on any atom is 0.330 e. The Balaban J connectivity index is 3.41. The van der Waals surface area contributed by atoms with E-state index in [2.05, 4.69) is 10.3 Å². The first-order valence-electron chi connectivity index (χ1n) is 7.13. The largest absolute Gasteiger partial charge is 0.493 e. The molecule has 0 saturated heterocycles. The second-order valence-corrected chi connectivity index (χ2v) is 5.46. The molecule has 0 spiro atoms. The molecule has 136 valence electrons. The number of carboxylic acids is 1. The number of carbonyl (C=O) groups excluding carboxylic acids is 1. The van der Waals surface area contributed by atoms with Gasteiger partial charge in [0, 0.05) is 6.42 Å². The maximum absolute atomic E-state index is 11.1. The first kappa shape index (κ1) is 20.0. The number of rotatable bonds is 8. The fourth-order valence-electron chi connectivity index (χ4n) is 2.23. The van der Waals surface area contributed by atoms with E-state index in [9.17, 15) is 24.9 Å². The Bertz CT molecular complexity index is 559. The van der Waals surface area contributed by atoms with Crippen LogP contribution in [0.5, 0.6) is 0 Å². The molecule has 10 heteroatoms. The molecule has 0 aromatic heterocycles. The summed E-state index contributed by atoms with van der Waals surface area (Å²) in [5.41, 5.74) is -2.21. The molecule has 3 atom stereocenters. The van der Waals surface area contributed by atoms with Crippen LogP contribution in [0.2, 0.25) is 0 Å². The minimum absolute atomic E-state index is 0.0541. The molecule has 0 aromatic rings. The molecule has 0 saturated carbocycles. The monoisotopic (exact) mass is 346 g/mol. The highest BCUT2D eigenvalue weighted by atomic mass is 16.5. The number of nitrogens with zero attached hydrogens (tertiary/aromatic N) is 1. The van der Waals surface area contributed by atoms with Crippen LogP contribution in [-0.2, 0) is 14.3 Å². The summed E-state index contributed by atoms with van der Waals surface area (Å²) in [6.07, 6.45) is -2.01. The quantitative estimate of drug-likeness (QED) is 0.276. The van der Waals surface area contributed by atoms with Crippen molar-refractivity contribution in [3.63, 3.8) is 0 Å². The highest BCUT2D eigenvalue weighted by Crippen LogP contribution is 2.31. The normalized spacial score (nSPS) is 27.1. The molecule has 10 nitrogen and oxygen atoms in total. The number of aliphatic hydroxyl groups is 4. The fourth-order valence-corrected chi connectivity index (χ4v) is 2.23. The van der Waals surface area contributed by atoms with Gasteiger partial charge in [0.25, 0.3) is 0 Å². The number of hydrogen-bond acceptors (Lipinski definition) is 9. The number of hydrogen-bond donors (Lipinski definition) is 6. The highest BCUT2D eigenvalue weighted by molar-refractivity contribution is 6.05. The van der Waals surface area contributed by atoms with Gasteiger partial charge in [-0.1, -0.05) is 0 Å². The zero-order valence-corrected chi connectivity index (χ0v) is 13.4. The van der Waals surface area contributed by atoms with Crippen molar-refractivity contribution in [1.29, 1.82) is 0 Å². The molecule has 0 amide bonds. The summed E-state index contributed by atoms with van der Waals surface area (Å²) in [5, 5.41) is 50.9. The SMILES string of the molecule is COC1=C(NCC(C)=O)C[C@@](O)(CO)[C@@H](O)/C1=N\[C@@H](CO)C(=O)O. The number of aliphatic imine (C=N–C) groups is 1. The molecule has 1 aliphatic carbocycles. The first-order valence-corrected chi connectivity index (χ1v) is 7.13. The Hall–Kier alpha value is -2.01. The molecule has 0 radical (unpaired) electrons.